The first kappa shape index (κ1) is 24.8. The third-order valence-corrected chi connectivity index (χ3v) is 8.65. The highest BCUT2D eigenvalue weighted by molar-refractivity contribution is 6.31. The second kappa shape index (κ2) is 9.44. The molecule has 2 saturated heterocycles. The highest BCUT2D eigenvalue weighted by atomic mass is 35.5. The van der Waals surface area contributed by atoms with Crippen molar-refractivity contribution in [3.05, 3.63) is 131 Å². The van der Waals surface area contributed by atoms with Gasteiger partial charge in [-0.05, 0) is 41.8 Å². The average molecular weight is 548 g/mol. The molecule has 3 aliphatic rings. The van der Waals surface area contributed by atoms with Crippen molar-refractivity contribution in [2.75, 3.05) is 9.80 Å². The molecule has 3 amide bonds. The van der Waals surface area contributed by atoms with Gasteiger partial charge in [-0.1, -0.05) is 96.5 Å². The van der Waals surface area contributed by atoms with Gasteiger partial charge in [0.1, 0.15) is 5.54 Å². The number of para-hydroxylation sites is 1. The fraction of sp³-hybridized carbons (Fsp3) is 0.182. The summed E-state index contributed by atoms with van der Waals surface area (Å²) in [5, 5.41) is 4.03. The van der Waals surface area contributed by atoms with Gasteiger partial charge in [0.2, 0.25) is 11.8 Å². The zero-order valence-electron chi connectivity index (χ0n) is 21.5. The largest absolute Gasteiger partial charge is 0.306 e. The van der Waals surface area contributed by atoms with E-state index in [-0.39, 0.29) is 17.7 Å². The Balaban J connectivity index is 1.37. The van der Waals surface area contributed by atoms with Crippen molar-refractivity contribution in [2.45, 2.75) is 24.5 Å². The van der Waals surface area contributed by atoms with Gasteiger partial charge in [-0.3, -0.25) is 19.7 Å². The molecule has 7 heteroatoms. The van der Waals surface area contributed by atoms with Gasteiger partial charge in [0, 0.05) is 22.3 Å². The number of carbonyl (C=O) groups is 3. The van der Waals surface area contributed by atoms with Crippen LogP contribution < -0.4 is 15.1 Å². The first-order chi connectivity index (χ1) is 19.5. The standard InChI is InChI=1S/C33H26ClN3O3/c34-23-14-9-15-24(19-23)37-30(38)28-26(18-21-10-3-1-4-11-21)35-33(29(28)31(37)39)25-16-7-8-17-27(25)36(32(33)40)20-22-12-5-2-6-13-22/h1-17,19,26,28-29,35H,18,20H2/t26-,28+,29+,33+/m0/s1. The van der Waals surface area contributed by atoms with Crippen LogP contribution in [0.15, 0.2) is 109 Å². The van der Waals surface area contributed by atoms with Gasteiger partial charge in [-0.25, -0.2) is 4.90 Å². The number of imide groups is 1. The van der Waals surface area contributed by atoms with Crippen molar-refractivity contribution in [3.63, 3.8) is 0 Å². The summed E-state index contributed by atoms with van der Waals surface area (Å²) in [6.07, 6.45) is 0.500. The molecule has 1 N–H and O–H groups in total. The van der Waals surface area contributed by atoms with E-state index in [0.29, 0.717) is 23.7 Å². The lowest BCUT2D eigenvalue weighted by molar-refractivity contribution is -0.132. The number of benzene rings is 4. The first-order valence-corrected chi connectivity index (χ1v) is 13.8. The summed E-state index contributed by atoms with van der Waals surface area (Å²) in [5.41, 5.74) is 2.55. The van der Waals surface area contributed by atoms with Crippen molar-refractivity contribution in [1.29, 1.82) is 0 Å². The maximum absolute atomic E-state index is 14.6. The van der Waals surface area contributed by atoms with Crippen LogP contribution in [0.5, 0.6) is 0 Å². The van der Waals surface area contributed by atoms with Crippen LogP contribution in [-0.2, 0) is 32.9 Å². The second-order valence-electron chi connectivity index (χ2n) is 10.6. The maximum atomic E-state index is 14.6. The normalized spacial score (nSPS) is 25.1. The molecule has 0 aliphatic carbocycles. The Morgan fingerprint density at radius 1 is 0.750 bits per heavy atom. The van der Waals surface area contributed by atoms with E-state index in [9.17, 15) is 14.4 Å². The number of hydrogen-bond donors (Lipinski definition) is 1. The van der Waals surface area contributed by atoms with E-state index in [2.05, 4.69) is 5.32 Å². The molecule has 40 heavy (non-hydrogen) atoms. The van der Waals surface area contributed by atoms with E-state index < -0.39 is 23.4 Å². The van der Waals surface area contributed by atoms with Crippen LogP contribution in [0, 0.1) is 11.8 Å². The molecule has 4 aromatic rings. The van der Waals surface area contributed by atoms with E-state index >= 15 is 0 Å². The maximum Gasteiger partial charge on any atom is 0.253 e. The summed E-state index contributed by atoms with van der Waals surface area (Å²) in [6, 6.07) is 33.6. The van der Waals surface area contributed by atoms with Crippen molar-refractivity contribution < 1.29 is 14.4 Å². The molecule has 3 aliphatic heterocycles. The monoisotopic (exact) mass is 547 g/mol. The van der Waals surface area contributed by atoms with Gasteiger partial charge < -0.3 is 4.90 Å². The number of nitrogens with zero attached hydrogens (tertiary/aromatic N) is 2. The Morgan fingerprint density at radius 2 is 1.43 bits per heavy atom. The summed E-state index contributed by atoms with van der Waals surface area (Å²) in [5.74, 6) is -2.53. The Bertz CT molecular complexity index is 1640. The van der Waals surface area contributed by atoms with Crippen LogP contribution in [0.1, 0.15) is 16.7 Å². The molecule has 6 nitrogen and oxygen atoms in total. The van der Waals surface area contributed by atoms with Crippen molar-refractivity contribution >= 4 is 40.7 Å². The number of amides is 3. The second-order valence-corrected chi connectivity index (χ2v) is 11.1. The molecule has 0 aromatic heterocycles. The molecule has 4 atom stereocenters. The smallest absolute Gasteiger partial charge is 0.253 e. The SMILES string of the molecule is O=C1[C@@H]2[C@H](Cc3ccccc3)N[C@@]3(C(=O)N(Cc4ccccc4)c4ccccc43)[C@H]2C(=O)N1c1cccc(Cl)c1. The fourth-order valence-electron chi connectivity index (χ4n) is 6.78. The van der Waals surface area contributed by atoms with Gasteiger partial charge in [-0.2, -0.15) is 0 Å². The Kier molecular flexibility index (Phi) is 5.84. The van der Waals surface area contributed by atoms with Gasteiger partial charge in [0.25, 0.3) is 5.91 Å². The van der Waals surface area contributed by atoms with Crippen LogP contribution in [-0.4, -0.2) is 23.8 Å². The molecule has 0 radical (unpaired) electrons. The molecule has 4 aromatic carbocycles. The zero-order chi connectivity index (χ0) is 27.4. The summed E-state index contributed by atoms with van der Waals surface area (Å²) >= 11 is 6.26. The molecule has 0 saturated carbocycles. The molecule has 0 bridgehead atoms. The summed E-state index contributed by atoms with van der Waals surface area (Å²) in [7, 11) is 0. The molecule has 0 unspecified atom stereocenters. The van der Waals surface area contributed by atoms with Crippen LogP contribution in [0.3, 0.4) is 0 Å². The molecular formula is C33H26ClN3O3. The van der Waals surface area contributed by atoms with Crippen LogP contribution in [0.4, 0.5) is 11.4 Å². The van der Waals surface area contributed by atoms with E-state index in [4.69, 9.17) is 11.6 Å². The lowest BCUT2D eigenvalue weighted by atomic mass is 9.76. The minimum absolute atomic E-state index is 0.211. The number of carbonyl (C=O) groups excluding carboxylic acids is 3. The van der Waals surface area contributed by atoms with Crippen LogP contribution >= 0.6 is 11.6 Å². The topological polar surface area (TPSA) is 69.7 Å². The number of fused-ring (bicyclic) bond motifs is 4. The van der Waals surface area contributed by atoms with Gasteiger partial charge in [0.15, 0.2) is 0 Å². The number of rotatable bonds is 5. The highest BCUT2D eigenvalue weighted by Crippen LogP contribution is 2.55. The number of nitrogens with one attached hydrogen (secondary N) is 1. The van der Waals surface area contributed by atoms with Gasteiger partial charge in [-0.15, -0.1) is 0 Å². The van der Waals surface area contributed by atoms with E-state index in [0.717, 1.165) is 22.4 Å². The summed E-state index contributed by atoms with van der Waals surface area (Å²) in [4.78, 5) is 46.1. The Labute approximate surface area is 237 Å². The van der Waals surface area contributed by atoms with Gasteiger partial charge in [0.05, 0.1) is 24.1 Å². The zero-order valence-corrected chi connectivity index (χ0v) is 22.3. The molecule has 198 valence electrons. The molecule has 2 fully saturated rings. The average Bonchev–Trinajstić information content (AvgIpc) is 3.53. The van der Waals surface area contributed by atoms with E-state index in [1.54, 1.807) is 29.2 Å². The van der Waals surface area contributed by atoms with Crippen LogP contribution in [0.2, 0.25) is 5.02 Å². The molecule has 1 spiro atoms. The van der Waals surface area contributed by atoms with Crippen molar-refractivity contribution in [2.24, 2.45) is 11.8 Å². The summed E-state index contributed by atoms with van der Waals surface area (Å²) < 4.78 is 0. The van der Waals surface area contributed by atoms with E-state index in [1.807, 2.05) is 84.9 Å². The number of hydrogen-bond acceptors (Lipinski definition) is 4. The minimum atomic E-state index is -1.37. The van der Waals surface area contributed by atoms with Crippen LogP contribution in [0.25, 0.3) is 0 Å². The molecular weight excluding hydrogens is 522 g/mol. The third-order valence-electron chi connectivity index (χ3n) is 8.41. The fourth-order valence-corrected chi connectivity index (χ4v) is 6.97. The molecule has 3 heterocycles. The lowest BCUT2D eigenvalue weighted by Gasteiger charge is -2.31. The third kappa shape index (κ3) is 3.64. The van der Waals surface area contributed by atoms with E-state index in [1.165, 1.54) is 4.90 Å². The number of halogens is 1. The lowest BCUT2D eigenvalue weighted by Crippen LogP contribution is -2.55. The van der Waals surface area contributed by atoms with Crippen molar-refractivity contribution in [1.82, 2.24) is 5.32 Å². The predicted molar refractivity (Wildman–Crippen MR) is 154 cm³/mol. The number of anilines is 2. The summed E-state index contributed by atoms with van der Waals surface area (Å²) in [6.45, 7) is 0.362. The predicted octanol–water partition coefficient (Wildman–Crippen LogP) is 5.10. The first-order valence-electron chi connectivity index (χ1n) is 13.4. The van der Waals surface area contributed by atoms with Crippen molar-refractivity contribution in [3.8, 4) is 0 Å². The Hall–Kier alpha value is -4.26. The highest BCUT2D eigenvalue weighted by Gasteiger charge is 2.71. The van der Waals surface area contributed by atoms with Gasteiger partial charge >= 0.3 is 0 Å². The molecule has 7 rings (SSSR count). The quantitative estimate of drug-likeness (QED) is 0.353. The Morgan fingerprint density at radius 3 is 2.15 bits per heavy atom. The minimum Gasteiger partial charge on any atom is -0.306 e.